The van der Waals surface area contributed by atoms with Gasteiger partial charge in [-0.15, -0.1) is 0 Å². The number of phenolic OH excluding ortho intramolecular Hbond substituents is 1. The average molecular weight is 395 g/mol. The highest BCUT2D eigenvalue weighted by Crippen LogP contribution is 2.34. The van der Waals surface area contributed by atoms with Crippen molar-refractivity contribution in [2.24, 2.45) is 0 Å². The van der Waals surface area contributed by atoms with E-state index >= 15 is 0 Å². The summed E-state index contributed by atoms with van der Waals surface area (Å²) in [6, 6.07) is 13.2. The first-order valence-electron chi connectivity index (χ1n) is 7.76. The number of imidazole rings is 1. The van der Waals surface area contributed by atoms with Crippen LogP contribution in [0.2, 0.25) is 0 Å². The van der Waals surface area contributed by atoms with Crippen LogP contribution >= 0.6 is 15.9 Å². The van der Waals surface area contributed by atoms with E-state index in [9.17, 15) is 5.11 Å². The number of hydrogen-bond acceptors (Lipinski definition) is 4. The van der Waals surface area contributed by atoms with Crippen molar-refractivity contribution in [3.05, 3.63) is 71.1 Å². The van der Waals surface area contributed by atoms with E-state index in [0.717, 1.165) is 32.9 Å². The summed E-state index contributed by atoms with van der Waals surface area (Å²) in [6.45, 7) is 2.05. The topological polar surface area (TPSA) is 62.5 Å². The largest absolute Gasteiger partial charge is 0.508 e. The Bertz CT molecular complexity index is 1060. The summed E-state index contributed by atoms with van der Waals surface area (Å²) in [6.07, 6.45) is 5.32. The van der Waals surface area contributed by atoms with E-state index in [0.29, 0.717) is 0 Å². The Hall–Kier alpha value is -2.86. The van der Waals surface area contributed by atoms with Crippen LogP contribution in [0.3, 0.4) is 0 Å². The van der Waals surface area contributed by atoms with Gasteiger partial charge < -0.3 is 10.4 Å². The molecule has 2 aromatic carbocycles. The monoisotopic (exact) mass is 394 g/mol. The lowest BCUT2D eigenvalue weighted by Crippen LogP contribution is -1.98. The molecule has 0 spiro atoms. The normalized spacial score (nSPS) is 11.0. The first-order chi connectivity index (χ1) is 12.1. The molecule has 6 heteroatoms. The van der Waals surface area contributed by atoms with Crippen LogP contribution in [0, 0.1) is 6.92 Å². The van der Waals surface area contributed by atoms with Crippen molar-refractivity contribution in [1.82, 2.24) is 14.4 Å². The Morgan fingerprint density at radius 3 is 2.68 bits per heavy atom. The number of rotatable bonds is 3. The van der Waals surface area contributed by atoms with Crippen LogP contribution in [0.25, 0.3) is 16.9 Å². The molecule has 2 aromatic heterocycles. The van der Waals surface area contributed by atoms with Gasteiger partial charge in [-0.1, -0.05) is 6.07 Å². The molecular formula is C19H15BrN4O. The van der Waals surface area contributed by atoms with E-state index in [4.69, 9.17) is 4.98 Å². The van der Waals surface area contributed by atoms with Crippen LogP contribution in [0.1, 0.15) is 5.56 Å². The highest BCUT2D eigenvalue weighted by atomic mass is 79.9. The molecule has 0 aliphatic heterocycles. The Balaban J connectivity index is 1.88. The zero-order valence-electron chi connectivity index (χ0n) is 13.4. The van der Waals surface area contributed by atoms with E-state index in [-0.39, 0.29) is 5.75 Å². The first kappa shape index (κ1) is 15.7. The molecule has 4 aromatic rings. The Morgan fingerprint density at radius 1 is 1.12 bits per heavy atom. The highest BCUT2D eigenvalue weighted by Gasteiger charge is 2.15. The fraction of sp³-hybridized carbons (Fsp3) is 0.0526. The highest BCUT2D eigenvalue weighted by molar-refractivity contribution is 9.10. The maximum absolute atomic E-state index is 9.55. The number of nitrogens with one attached hydrogen (secondary N) is 1. The molecule has 0 atom stereocenters. The molecule has 0 radical (unpaired) electrons. The van der Waals surface area contributed by atoms with Crippen molar-refractivity contribution in [2.45, 2.75) is 6.92 Å². The van der Waals surface area contributed by atoms with E-state index in [1.165, 1.54) is 5.56 Å². The van der Waals surface area contributed by atoms with Crippen molar-refractivity contribution in [3.8, 4) is 17.0 Å². The summed E-state index contributed by atoms with van der Waals surface area (Å²) in [7, 11) is 0. The van der Waals surface area contributed by atoms with Crippen molar-refractivity contribution in [2.75, 3.05) is 5.32 Å². The van der Waals surface area contributed by atoms with Crippen LogP contribution in [0.15, 0.2) is 65.5 Å². The van der Waals surface area contributed by atoms with Gasteiger partial charge in [0.1, 0.15) is 17.3 Å². The second-order valence-corrected chi connectivity index (χ2v) is 6.62. The molecule has 0 amide bonds. The Kier molecular flexibility index (Phi) is 3.89. The van der Waals surface area contributed by atoms with Crippen molar-refractivity contribution in [3.63, 3.8) is 0 Å². The summed E-state index contributed by atoms with van der Waals surface area (Å²) in [4.78, 5) is 8.85. The molecule has 124 valence electrons. The quantitative estimate of drug-likeness (QED) is 0.517. The van der Waals surface area contributed by atoms with Gasteiger partial charge in [0.25, 0.3) is 0 Å². The van der Waals surface area contributed by atoms with Gasteiger partial charge in [-0.05, 0) is 64.8 Å². The molecule has 25 heavy (non-hydrogen) atoms. The summed E-state index contributed by atoms with van der Waals surface area (Å²) >= 11 is 3.61. The number of halogens is 1. The molecule has 4 rings (SSSR count). The molecule has 0 unspecified atom stereocenters. The minimum atomic E-state index is 0.227. The van der Waals surface area contributed by atoms with Crippen molar-refractivity contribution in [1.29, 1.82) is 0 Å². The van der Waals surface area contributed by atoms with Crippen LogP contribution in [-0.2, 0) is 0 Å². The third-order valence-electron chi connectivity index (χ3n) is 3.95. The lowest BCUT2D eigenvalue weighted by molar-refractivity contribution is 0.475. The van der Waals surface area contributed by atoms with Crippen LogP contribution in [-0.4, -0.2) is 19.5 Å². The third-order valence-corrected chi connectivity index (χ3v) is 4.60. The van der Waals surface area contributed by atoms with Crippen molar-refractivity contribution < 1.29 is 5.11 Å². The average Bonchev–Trinajstić information content (AvgIpc) is 2.97. The summed E-state index contributed by atoms with van der Waals surface area (Å²) in [5.74, 6) is 1.07. The summed E-state index contributed by atoms with van der Waals surface area (Å²) in [5.41, 5.74) is 4.58. The zero-order chi connectivity index (χ0) is 17.4. The predicted molar refractivity (Wildman–Crippen MR) is 102 cm³/mol. The second-order valence-electron chi connectivity index (χ2n) is 5.77. The molecule has 2 heterocycles. The van der Waals surface area contributed by atoms with Gasteiger partial charge in [0.05, 0.1) is 11.9 Å². The lowest BCUT2D eigenvalue weighted by atomic mass is 10.1. The molecule has 0 fully saturated rings. The molecule has 2 N–H and O–H groups in total. The van der Waals surface area contributed by atoms with Gasteiger partial charge in [-0.3, -0.25) is 9.38 Å². The number of aromatic nitrogens is 3. The molecule has 5 nitrogen and oxygen atoms in total. The Morgan fingerprint density at radius 2 is 1.92 bits per heavy atom. The number of nitrogens with zero attached hydrogens (tertiary/aromatic N) is 3. The number of hydrogen-bond donors (Lipinski definition) is 2. The minimum Gasteiger partial charge on any atom is -0.508 e. The number of phenols is 1. The number of anilines is 2. The van der Waals surface area contributed by atoms with Gasteiger partial charge >= 0.3 is 0 Å². The van der Waals surface area contributed by atoms with E-state index in [2.05, 4.69) is 45.3 Å². The smallest absolute Gasteiger partial charge is 0.157 e. The lowest BCUT2D eigenvalue weighted by Gasteiger charge is -2.11. The fourth-order valence-corrected chi connectivity index (χ4v) is 3.29. The molecule has 0 bridgehead atoms. The molecular weight excluding hydrogens is 380 g/mol. The van der Waals surface area contributed by atoms with Gasteiger partial charge in [-0.2, -0.15) is 0 Å². The molecule has 0 aliphatic rings. The van der Waals surface area contributed by atoms with Gasteiger partial charge in [0.15, 0.2) is 5.65 Å². The fourth-order valence-electron chi connectivity index (χ4n) is 2.70. The molecule has 0 aliphatic carbocycles. The zero-order valence-corrected chi connectivity index (χ0v) is 15.0. The Labute approximate surface area is 153 Å². The predicted octanol–water partition coefficient (Wildman–Crippen LogP) is 4.92. The molecule has 0 saturated heterocycles. The van der Waals surface area contributed by atoms with Crippen molar-refractivity contribution >= 4 is 33.1 Å². The van der Waals surface area contributed by atoms with Gasteiger partial charge in [0, 0.05) is 22.4 Å². The second kappa shape index (κ2) is 6.22. The SMILES string of the molecule is Cc1ccc(Nc2c(-c3ccc(O)cc3)nc3cnccn23)c(Br)c1. The standard InChI is InChI=1S/C19H15BrN4O/c1-12-2-7-16(15(20)10-12)22-19-18(13-3-5-14(25)6-4-13)23-17-11-21-8-9-24(17)19/h2-11,22,25H,1H3. The summed E-state index contributed by atoms with van der Waals surface area (Å²) < 4.78 is 2.94. The van der Waals surface area contributed by atoms with Gasteiger partial charge in [-0.25, -0.2) is 4.98 Å². The van der Waals surface area contributed by atoms with Crippen LogP contribution in [0.4, 0.5) is 11.5 Å². The number of aromatic hydroxyl groups is 1. The molecule has 0 saturated carbocycles. The van der Waals surface area contributed by atoms with E-state index in [1.807, 2.05) is 28.8 Å². The maximum Gasteiger partial charge on any atom is 0.157 e. The number of aryl methyl sites for hydroxylation is 1. The van der Waals surface area contributed by atoms with Crippen LogP contribution in [0.5, 0.6) is 5.75 Å². The minimum absolute atomic E-state index is 0.227. The third kappa shape index (κ3) is 2.96. The van der Waals surface area contributed by atoms with E-state index in [1.54, 1.807) is 24.5 Å². The number of benzene rings is 2. The summed E-state index contributed by atoms with van der Waals surface area (Å²) in [5, 5.41) is 13.0. The first-order valence-corrected chi connectivity index (χ1v) is 8.56. The van der Waals surface area contributed by atoms with Gasteiger partial charge in [0.2, 0.25) is 0 Å². The maximum atomic E-state index is 9.55. The number of fused-ring (bicyclic) bond motifs is 1. The van der Waals surface area contributed by atoms with Crippen LogP contribution < -0.4 is 5.32 Å². The van der Waals surface area contributed by atoms with E-state index < -0.39 is 0 Å².